The normalized spacial score (nSPS) is 13.2. The minimum Gasteiger partial charge on any atom is -0.493 e. The zero-order chi connectivity index (χ0) is 19.8. The van der Waals surface area contributed by atoms with E-state index >= 15 is 0 Å². The van der Waals surface area contributed by atoms with Gasteiger partial charge in [-0.3, -0.25) is 4.79 Å². The smallest absolute Gasteiger partial charge is 0.258 e. The molecular formula is C22H26N4O2. The Kier molecular flexibility index (Phi) is 4.79. The third-order valence-electron chi connectivity index (χ3n) is 5.57. The number of fused-ring (bicyclic) bond motifs is 3. The molecule has 0 radical (unpaired) electrons. The lowest BCUT2D eigenvalue weighted by molar-refractivity contribution is 0.0745. The molecule has 2 aromatic heterocycles. The van der Waals surface area contributed by atoms with Crippen molar-refractivity contribution in [2.75, 3.05) is 6.61 Å². The van der Waals surface area contributed by atoms with Crippen molar-refractivity contribution >= 4 is 11.6 Å². The summed E-state index contributed by atoms with van der Waals surface area (Å²) >= 11 is 0. The highest BCUT2D eigenvalue weighted by molar-refractivity contribution is 5.97. The molecule has 3 heterocycles. The highest BCUT2D eigenvalue weighted by Crippen LogP contribution is 2.30. The van der Waals surface area contributed by atoms with Gasteiger partial charge in [0, 0.05) is 17.0 Å². The number of rotatable bonds is 5. The average Bonchev–Trinajstić information content (AvgIpc) is 3.25. The number of para-hydroxylation sites is 1. The van der Waals surface area contributed by atoms with Crippen molar-refractivity contribution in [3.63, 3.8) is 0 Å². The van der Waals surface area contributed by atoms with Crippen LogP contribution in [0.1, 0.15) is 58.3 Å². The van der Waals surface area contributed by atoms with Crippen molar-refractivity contribution in [1.29, 1.82) is 0 Å². The summed E-state index contributed by atoms with van der Waals surface area (Å²) in [5.74, 6) is 0.629. The Balaban J connectivity index is 1.61. The molecular weight excluding hydrogens is 352 g/mol. The summed E-state index contributed by atoms with van der Waals surface area (Å²) in [5, 5.41) is 4.73. The van der Waals surface area contributed by atoms with E-state index in [1.54, 1.807) is 0 Å². The molecule has 1 aliphatic rings. The van der Waals surface area contributed by atoms with Crippen LogP contribution in [0.25, 0.3) is 5.65 Å². The minimum absolute atomic E-state index is 0.0243. The summed E-state index contributed by atoms with van der Waals surface area (Å²) in [6.45, 7) is 9.91. The highest BCUT2D eigenvalue weighted by atomic mass is 16.5. The van der Waals surface area contributed by atoms with E-state index in [-0.39, 0.29) is 5.91 Å². The van der Waals surface area contributed by atoms with Gasteiger partial charge in [0.2, 0.25) is 0 Å². The number of aryl methyl sites for hydroxylation is 2. The molecule has 4 rings (SSSR count). The Labute approximate surface area is 165 Å². The van der Waals surface area contributed by atoms with Crippen molar-refractivity contribution in [2.24, 2.45) is 0 Å². The second-order valence-electron chi connectivity index (χ2n) is 7.43. The number of nitrogens with zero attached hydrogens (tertiary/aromatic N) is 4. The van der Waals surface area contributed by atoms with Gasteiger partial charge in [0.15, 0.2) is 5.65 Å². The first-order valence-electron chi connectivity index (χ1n) is 9.86. The number of benzene rings is 1. The zero-order valence-corrected chi connectivity index (χ0v) is 17.0. The molecule has 3 aromatic rings. The molecule has 1 aromatic carbocycles. The van der Waals surface area contributed by atoms with Crippen molar-refractivity contribution in [1.82, 2.24) is 19.5 Å². The molecule has 0 atom stereocenters. The molecule has 0 aliphatic carbocycles. The molecule has 0 unspecified atom stereocenters. The van der Waals surface area contributed by atoms with Crippen LogP contribution in [0.2, 0.25) is 0 Å². The third-order valence-corrected chi connectivity index (χ3v) is 5.57. The molecule has 0 spiro atoms. The van der Waals surface area contributed by atoms with Crippen LogP contribution >= 0.6 is 0 Å². The van der Waals surface area contributed by atoms with E-state index in [1.807, 2.05) is 40.6 Å². The van der Waals surface area contributed by atoms with Gasteiger partial charge in [0.25, 0.3) is 5.91 Å². The monoisotopic (exact) mass is 378 g/mol. The lowest BCUT2D eigenvalue weighted by Gasteiger charge is -2.18. The minimum atomic E-state index is -0.0243. The van der Waals surface area contributed by atoms with Crippen LogP contribution in [0.3, 0.4) is 0 Å². The number of amides is 1. The largest absolute Gasteiger partial charge is 0.493 e. The molecule has 146 valence electrons. The van der Waals surface area contributed by atoms with E-state index in [1.165, 1.54) is 0 Å². The lowest BCUT2D eigenvalue weighted by atomic mass is 10.1. The van der Waals surface area contributed by atoms with Gasteiger partial charge in [-0.2, -0.15) is 5.10 Å². The van der Waals surface area contributed by atoms with Gasteiger partial charge < -0.3 is 9.64 Å². The Morgan fingerprint density at radius 2 is 1.96 bits per heavy atom. The van der Waals surface area contributed by atoms with Crippen LogP contribution in [0.15, 0.2) is 24.3 Å². The number of hydrogen-bond donors (Lipinski definition) is 0. The van der Waals surface area contributed by atoms with Gasteiger partial charge >= 0.3 is 0 Å². The molecule has 0 bridgehead atoms. The predicted octanol–water partition coefficient (Wildman–Crippen LogP) is 3.99. The van der Waals surface area contributed by atoms with Gasteiger partial charge in [0.1, 0.15) is 5.75 Å². The van der Waals surface area contributed by atoms with E-state index in [4.69, 9.17) is 14.8 Å². The van der Waals surface area contributed by atoms with Gasteiger partial charge in [-0.15, -0.1) is 0 Å². The van der Waals surface area contributed by atoms with Crippen molar-refractivity contribution in [3.05, 3.63) is 58.0 Å². The Morgan fingerprint density at radius 3 is 2.75 bits per heavy atom. The van der Waals surface area contributed by atoms with E-state index in [9.17, 15) is 4.79 Å². The van der Waals surface area contributed by atoms with Gasteiger partial charge in [-0.25, -0.2) is 9.50 Å². The molecule has 0 fully saturated rings. The van der Waals surface area contributed by atoms with Crippen molar-refractivity contribution in [2.45, 2.75) is 53.6 Å². The maximum atomic E-state index is 13.2. The van der Waals surface area contributed by atoms with E-state index < -0.39 is 0 Å². The summed E-state index contributed by atoms with van der Waals surface area (Å²) in [6.07, 6.45) is 2.03. The number of hydrogen-bond acceptors (Lipinski definition) is 4. The van der Waals surface area contributed by atoms with Crippen LogP contribution in [-0.4, -0.2) is 32.0 Å². The predicted molar refractivity (Wildman–Crippen MR) is 108 cm³/mol. The third kappa shape index (κ3) is 3.03. The second-order valence-corrected chi connectivity index (χ2v) is 7.43. The molecule has 0 saturated heterocycles. The maximum absolute atomic E-state index is 13.2. The summed E-state index contributed by atoms with van der Waals surface area (Å²) in [4.78, 5) is 19.7. The fourth-order valence-electron chi connectivity index (χ4n) is 3.62. The van der Waals surface area contributed by atoms with Crippen molar-refractivity contribution < 1.29 is 9.53 Å². The SMILES string of the molecule is CCCCOc1ccccc1C(=O)N1Cc2nn3c(C)c(C)c(C)nc3c2C1. The van der Waals surface area contributed by atoms with Gasteiger partial charge in [-0.1, -0.05) is 25.5 Å². The fourth-order valence-corrected chi connectivity index (χ4v) is 3.62. The Bertz CT molecular complexity index is 1050. The number of carbonyl (C=O) groups excluding carboxylic acids is 1. The first kappa shape index (κ1) is 18.5. The molecule has 1 aliphatic heterocycles. The Hall–Kier alpha value is -2.89. The average molecular weight is 378 g/mol. The van der Waals surface area contributed by atoms with Crippen LogP contribution in [0.5, 0.6) is 5.75 Å². The number of carbonyl (C=O) groups is 1. The second kappa shape index (κ2) is 7.26. The first-order valence-corrected chi connectivity index (χ1v) is 9.86. The first-order chi connectivity index (χ1) is 13.5. The molecule has 6 nitrogen and oxygen atoms in total. The molecule has 1 amide bonds. The fraction of sp³-hybridized carbons (Fsp3) is 0.409. The van der Waals surface area contributed by atoms with Gasteiger partial charge in [0.05, 0.1) is 31.0 Å². The van der Waals surface area contributed by atoms with Crippen LogP contribution in [-0.2, 0) is 13.1 Å². The summed E-state index contributed by atoms with van der Waals surface area (Å²) < 4.78 is 7.77. The summed E-state index contributed by atoms with van der Waals surface area (Å²) in [6, 6.07) is 7.49. The van der Waals surface area contributed by atoms with Crippen LogP contribution < -0.4 is 4.74 Å². The molecule has 28 heavy (non-hydrogen) atoms. The summed E-state index contributed by atoms with van der Waals surface area (Å²) in [5.41, 5.74) is 6.70. The van der Waals surface area contributed by atoms with E-state index in [0.29, 0.717) is 31.0 Å². The number of ether oxygens (including phenoxy) is 1. The molecule has 0 saturated carbocycles. The van der Waals surface area contributed by atoms with E-state index in [0.717, 1.165) is 46.7 Å². The standard InChI is InChI=1S/C22H26N4O2/c1-5-6-11-28-20-10-8-7-9-17(20)22(27)25-12-18-19(13-25)24-26-16(4)14(2)15(3)23-21(18)26/h7-10H,5-6,11-13H2,1-4H3. The highest BCUT2D eigenvalue weighted by Gasteiger charge is 2.31. The molecule has 6 heteroatoms. The quantitative estimate of drug-likeness (QED) is 0.630. The lowest BCUT2D eigenvalue weighted by Crippen LogP contribution is -2.26. The van der Waals surface area contributed by atoms with E-state index in [2.05, 4.69) is 20.8 Å². The van der Waals surface area contributed by atoms with Crippen molar-refractivity contribution in [3.8, 4) is 5.75 Å². The van der Waals surface area contributed by atoms with Gasteiger partial charge in [-0.05, 0) is 44.9 Å². The zero-order valence-electron chi connectivity index (χ0n) is 17.0. The maximum Gasteiger partial charge on any atom is 0.258 e. The topological polar surface area (TPSA) is 59.7 Å². The molecule has 0 N–H and O–H groups in total. The van der Waals surface area contributed by atoms with Crippen LogP contribution in [0, 0.1) is 20.8 Å². The van der Waals surface area contributed by atoms with Crippen LogP contribution in [0.4, 0.5) is 0 Å². The Morgan fingerprint density at radius 1 is 1.18 bits per heavy atom. The number of unbranched alkanes of at least 4 members (excludes halogenated alkanes) is 1. The number of aromatic nitrogens is 3. The summed E-state index contributed by atoms with van der Waals surface area (Å²) in [7, 11) is 0.